The number of carboxylic acid groups (broad SMARTS) is 1. The summed E-state index contributed by atoms with van der Waals surface area (Å²) >= 11 is 0. The molecule has 1 aromatic carbocycles. The van der Waals surface area contributed by atoms with Gasteiger partial charge in [-0.3, -0.25) is 0 Å². The van der Waals surface area contributed by atoms with Crippen LogP contribution in [-0.4, -0.2) is 36.4 Å². The fraction of sp³-hybridized carbons (Fsp3) is 0.708. The van der Waals surface area contributed by atoms with Crippen molar-refractivity contribution >= 4 is 5.97 Å². The number of rotatable bonds is 7. The minimum Gasteiger partial charge on any atom is -0.831 e. The zero-order valence-corrected chi connectivity index (χ0v) is 19.1. The number of benzene rings is 1. The molecule has 0 radical (unpaired) electrons. The van der Waals surface area contributed by atoms with Gasteiger partial charge in [0, 0.05) is 0 Å². The molecule has 186 valence electrons. The average Bonchev–Trinajstić information content (AvgIpc) is 2.93. The van der Waals surface area contributed by atoms with Gasteiger partial charge in [-0.1, -0.05) is 26.3 Å². The van der Waals surface area contributed by atoms with Gasteiger partial charge < -0.3 is 24.4 Å². The quantitative estimate of drug-likeness (QED) is 0.583. The van der Waals surface area contributed by atoms with Crippen molar-refractivity contribution in [3.05, 3.63) is 29.3 Å². The summed E-state index contributed by atoms with van der Waals surface area (Å²) in [4.78, 5) is 11.2. The van der Waals surface area contributed by atoms with Crippen LogP contribution in [0.4, 0.5) is 13.2 Å². The molecule has 1 N–H and O–H groups in total. The Hall–Kier alpha value is -1.84. The van der Waals surface area contributed by atoms with Crippen molar-refractivity contribution in [2.45, 2.75) is 71.8 Å². The molecule has 1 saturated heterocycles. The number of halogens is 3. The Morgan fingerprint density at radius 2 is 1.94 bits per heavy atom. The third kappa shape index (κ3) is 6.61. The van der Waals surface area contributed by atoms with Gasteiger partial charge in [0.05, 0.1) is 19.3 Å². The minimum absolute atomic E-state index is 0.150. The van der Waals surface area contributed by atoms with Crippen molar-refractivity contribution in [2.75, 3.05) is 6.61 Å². The molecule has 2 fully saturated rings. The van der Waals surface area contributed by atoms with Crippen LogP contribution in [-0.2, 0) is 16.1 Å². The Morgan fingerprint density at radius 3 is 2.61 bits per heavy atom. The lowest BCUT2D eigenvalue weighted by molar-refractivity contribution is -0.510. The molecule has 0 bridgehead atoms. The Kier molecular flexibility index (Phi) is 8.29. The first kappa shape index (κ1) is 25.8. The van der Waals surface area contributed by atoms with Crippen LogP contribution in [0.5, 0.6) is 5.75 Å². The molecule has 2 unspecified atom stereocenters. The molecule has 6 nitrogen and oxygen atoms in total. The number of hydrogen-bond donors (Lipinski definition) is 1. The van der Waals surface area contributed by atoms with Crippen LogP contribution < -0.4 is 9.84 Å². The Balaban J connectivity index is 1.67. The van der Waals surface area contributed by atoms with E-state index in [1.165, 1.54) is 6.07 Å². The van der Waals surface area contributed by atoms with Crippen molar-refractivity contribution in [3.8, 4) is 5.75 Å². The zero-order valence-electron chi connectivity index (χ0n) is 19.1. The molecule has 1 aliphatic carbocycles. The third-order valence-electron chi connectivity index (χ3n) is 7.29. The van der Waals surface area contributed by atoms with Crippen LogP contribution in [0.1, 0.15) is 62.4 Å². The lowest BCUT2D eigenvalue weighted by Crippen LogP contribution is -2.46. The normalized spacial score (nSPS) is 30.1. The molecule has 1 heterocycles. The van der Waals surface area contributed by atoms with Crippen LogP contribution >= 0.6 is 0 Å². The van der Waals surface area contributed by atoms with Crippen LogP contribution in [0, 0.1) is 29.6 Å². The molecule has 1 aliphatic heterocycles. The topological polar surface area (TPSA) is 88.0 Å². The smallest absolute Gasteiger partial charge is 0.573 e. The van der Waals surface area contributed by atoms with E-state index in [0.717, 1.165) is 37.8 Å². The van der Waals surface area contributed by atoms with Gasteiger partial charge in [-0.15, -0.1) is 13.2 Å². The lowest BCUT2D eigenvalue weighted by Gasteiger charge is -2.46. The van der Waals surface area contributed by atoms with Gasteiger partial charge in [-0.2, -0.15) is 0 Å². The van der Waals surface area contributed by atoms with E-state index in [-0.39, 0.29) is 36.0 Å². The van der Waals surface area contributed by atoms with E-state index in [0.29, 0.717) is 18.4 Å². The first-order valence-electron chi connectivity index (χ1n) is 11.5. The van der Waals surface area contributed by atoms with E-state index < -0.39 is 29.9 Å². The van der Waals surface area contributed by atoms with Gasteiger partial charge in [-0.25, -0.2) is 4.79 Å². The maximum atomic E-state index is 12.9. The summed E-state index contributed by atoms with van der Waals surface area (Å²) in [6.07, 6.45) is -2.13. The first-order chi connectivity index (χ1) is 15.5. The SMILES string of the molecule is CC1CC[C@@H]2C(CO1)[C@H]([C@@H](C)[C@H]([O-])OCc1ccc(C(=O)O)c(OC(F)(F)F)c1)CC[C@H]2C. The fourth-order valence-corrected chi connectivity index (χ4v) is 5.38. The van der Waals surface area contributed by atoms with Gasteiger partial charge in [-0.05, 0) is 79.8 Å². The summed E-state index contributed by atoms with van der Waals surface area (Å²) in [6, 6.07) is 3.29. The van der Waals surface area contributed by atoms with Crippen LogP contribution in [0.3, 0.4) is 0 Å². The number of alkyl halides is 3. The summed E-state index contributed by atoms with van der Waals surface area (Å²) in [5.41, 5.74) is -0.387. The molecular weight excluding hydrogens is 441 g/mol. The van der Waals surface area contributed by atoms with Crippen molar-refractivity contribution < 1.29 is 42.4 Å². The molecule has 2 aliphatic rings. The molecule has 0 amide bonds. The number of aromatic carboxylic acids is 1. The Bertz CT molecular complexity index is 814. The molecule has 7 atom stereocenters. The second-order valence-corrected chi connectivity index (χ2v) is 9.49. The highest BCUT2D eigenvalue weighted by atomic mass is 19.4. The average molecular weight is 474 g/mol. The van der Waals surface area contributed by atoms with Crippen molar-refractivity contribution in [1.82, 2.24) is 0 Å². The summed E-state index contributed by atoms with van der Waals surface area (Å²) < 4.78 is 53.3. The second-order valence-electron chi connectivity index (χ2n) is 9.49. The molecule has 0 aromatic heterocycles. The third-order valence-corrected chi connectivity index (χ3v) is 7.29. The van der Waals surface area contributed by atoms with E-state index in [1.54, 1.807) is 0 Å². The predicted molar refractivity (Wildman–Crippen MR) is 111 cm³/mol. The predicted octanol–water partition coefficient (Wildman–Crippen LogP) is 4.60. The van der Waals surface area contributed by atoms with E-state index in [4.69, 9.17) is 14.6 Å². The molecule has 0 spiro atoms. The highest BCUT2D eigenvalue weighted by molar-refractivity contribution is 5.91. The van der Waals surface area contributed by atoms with Gasteiger partial charge in [0.25, 0.3) is 0 Å². The highest BCUT2D eigenvalue weighted by Crippen LogP contribution is 2.46. The highest BCUT2D eigenvalue weighted by Gasteiger charge is 2.41. The van der Waals surface area contributed by atoms with Crippen LogP contribution in [0.2, 0.25) is 0 Å². The Morgan fingerprint density at radius 1 is 1.21 bits per heavy atom. The van der Waals surface area contributed by atoms with Crippen LogP contribution in [0.25, 0.3) is 0 Å². The number of hydrogen-bond acceptors (Lipinski definition) is 5. The summed E-state index contributed by atoms with van der Waals surface area (Å²) in [5.74, 6) is -1.15. The van der Waals surface area contributed by atoms with Gasteiger partial charge in [0.2, 0.25) is 0 Å². The van der Waals surface area contributed by atoms with E-state index in [9.17, 15) is 23.1 Å². The van der Waals surface area contributed by atoms with Crippen molar-refractivity contribution in [1.29, 1.82) is 0 Å². The summed E-state index contributed by atoms with van der Waals surface area (Å²) in [7, 11) is 0. The maximum Gasteiger partial charge on any atom is 0.573 e. The number of fused-ring (bicyclic) bond motifs is 1. The number of ether oxygens (including phenoxy) is 3. The van der Waals surface area contributed by atoms with Gasteiger partial charge in [0.1, 0.15) is 11.3 Å². The molecule has 33 heavy (non-hydrogen) atoms. The van der Waals surface area contributed by atoms with Gasteiger partial charge in [0.15, 0.2) is 0 Å². The second kappa shape index (κ2) is 10.6. The number of carbonyl (C=O) groups is 1. The van der Waals surface area contributed by atoms with E-state index >= 15 is 0 Å². The summed E-state index contributed by atoms with van der Waals surface area (Å²) in [6.45, 7) is 6.60. The maximum absolute atomic E-state index is 12.9. The monoisotopic (exact) mass is 473 g/mol. The zero-order chi connectivity index (χ0) is 24.3. The van der Waals surface area contributed by atoms with Crippen molar-refractivity contribution in [2.24, 2.45) is 29.6 Å². The summed E-state index contributed by atoms with van der Waals surface area (Å²) in [5, 5.41) is 22.0. The molecule has 3 rings (SSSR count). The van der Waals surface area contributed by atoms with E-state index in [1.807, 2.05) is 6.92 Å². The Labute approximate surface area is 192 Å². The molecule has 1 aromatic rings. The number of carboxylic acids is 1. The van der Waals surface area contributed by atoms with Gasteiger partial charge >= 0.3 is 12.3 Å². The molecular formula is C24H32F3O6-. The first-order valence-corrected chi connectivity index (χ1v) is 11.5. The lowest BCUT2D eigenvalue weighted by atomic mass is 9.62. The van der Waals surface area contributed by atoms with Crippen molar-refractivity contribution in [3.63, 3.8) is 0 Å². The standard InChI is InChI=1S/C24H32F3O6/c1-13-4-7-18(20-12-31-14(2)5-8-17(13)20)15(3)23(30)32-11-16-6-9-19(22(28)29)21(10-16)33-24(25,26)27/h6,9-10,13-15,17-18,20,23H,4-5,7-8,11-12H2,1-3H3,(H,28,29)/q-1/t13-,14?,15-,17+,18+,20?,23-/m1/s1. The molecule has 1 saturated carbocycles. The van der Waals surface area contributed by atoms with Crippen LogP contribution in [0.15, 0.2) is 18.2 Å². The largest absolute Gasteiger partial charge is 0.831 e. The van der Waals surface area contributed by atoms with E-state index in [2.05, 4.69) is 18.6 Å². The minimum atomic E-state index is -5.04. The fourth-order valence-electron chi connectivity index (χ4n) is 5.38. The molecule has 9 heteroatoms.